The Hall–Kier alpha value is -3.61. The number of H-pyrrole nitrogens is 1. The van der Waals surface area contributed by atoms with Crippen LogP contribution in [0.3, 0.4) is 0 Å². The molecule has 0 fully saturated rings. The summed E-state index contributed by atoms with van der Waals surface area (Å²) in [5.74, 6) is -0.703. The molecule has 0 saturated carbocycles. The van der Waals surface area contributed by atoms with E-state index < -0.39 is 5.91 Å². The number of hydrogen-bond donors (Lipinski definition) is 3. The van der Waals surface area contributed by atoms with Gasteiger partial charge in [0, 0.05) is 5.69 Å². The molecule has 2 aromatic carbocycles. The summed E-state index contributed by atoms with van der Waals surface area (Å²) in [4.78, 5) is 24.5. The number of nitrogens with zero attached hydrogens (tertiary/aromatic N) is 2. The quantitative estimate of drug-likeness (QED) is 0.501. The van der Waals surface area contributed by atoms with Gasteiger partial charge in [-0.05, 0) is 31.2 Å². The fraction of sp³-hybridized carbons (Fsp3) is 0.0556. The normalized spacial score (nSPS) is 10.9. The summed E-state index contributed by atoms with van der Waals surface area (Å²) in [6.45, 7) is 1.74. The number of carbonyl (C=O) groups is 1. The molecular formula is C18H16N4O3. The SMILES string of the molecule is Cc1[nH]n(-c2ccccc2)c(=O)c1/C=N\NC(=O)c1ccccc1O. The Morgan fingerprint density at radius 1 is 1.16 bits per heavy atom. The first-order chi connectivity index (χ1) is 12.1. The average Bonchev–Trinajstić information content (AvgIpc) is 2.91. The van der Waals surface area contributed by atoms with Gasteiger partial charge in [-0.15, -0.1) is 0 Å². The van der Waals surface area contributed by atoms with Crippen LogP contribution in [0.1, 0.15) is 21.6 Å². The van der Waals surface area contributed by atoms with E-state index in [0.717, 1.165) is 0 Å². The van der Waals surface area contributed by atoms with Gasteiger partial charge in [-0.1, -0.05) is 30.3 Å². The van der Waals surface area contributed by atoms with E-state index in [1.807, 2.05) is 18.2 Å². The van der Waals surface area contributed by atoms with Crippen LogP contribution in [0.25, 0.3) is 5.69 Å². The second kappa shape index (κ2) is 6.88. The third-order valence-corrected chi connectivity index (χ3v) is 3.64. The van der Waals surface area contributed by atoms with Crippen LogP contribution in [-0.4, -0.2) is 27.0 Å². The number of phenols is 1. The minimum Gasteiger partial charge on any atom is -0.507 e. The van der Waals surface area contributed by atoms with Crippen molar-refractivity contribution in [2.75, 3.05) is 0 Å². The predicted molar refractivity (Wildman–Crippen MR) is 94.3 cm³/mol. The topological polar surface area (TPSA) is 99.5 Å². The van der Waals surface area contributed by atoms with Crippen molar-refractivity contribution in [1.82, 2.24) is 15.2 Å². The highest BCUT2D eigenvalue weighted by atomic mass is 16.3. The van der Waals surface area contributed by atoms with Gasteiger partial charge in [0.2, 0.25) is 0 Å². The summed E-state index contributed by atoms with van der Waals surface area (Å²) in [5, 5.41) is 16.4. The number of hydrazone groups is 1. The number of aromatic hydroxyl groups is 1. The summed E-state index contributed by atoms with van der Waals surface area (Å²) in [7, 11) is 0. The number of carbonyl (C=O) groups excluding carboxylic acids is 1. The minimum atomic E-state index is -0.564. The number of benzene rings is 2. The molecular weight excluding hydrogens is 320 g/mol. The lowest BCUT2D eigenvalue weighted by Gasteiger charge is -2.01. The third kappa shape index (κ3) is 3.35. The van der Waals surface area contributed by atoms with E-state index in [9.17, 15) is 14.7 Å². The molecule has 0 spiro atoms. The number of amides is 1. The number of phenolic OH excluding ortho intramolecular Hbond substituents is 1. The lowest BCUT2D eigenvalue weighted by Crippen LogP contribution is -2.20. The van der Waals surface area contributed by atoms with Crippen LogP contribution in [-0.2, 0) is 0 Å². The van der Waals surface area contributed by atoms with Crippen LogP contribution < -0.4 is 11.0 Å². The van der Waals surface area contributed by atoms with E-state index >= 15 is 0 Å². The Balaban J connectivity index is 1.81. The zero-order chi connectivity index (χ0) is 17.8. The molecule has 7 nitrogen and oxygen atoms in total. The molecule has 0 radical (unpaired) electrons. The van der Waals surface area contributed by atoms with Crippen molar-refractivity contribution >= 4 is 12.1 Å². The molecule has 1 heterocycles. The van der Waals surface area contributed by atoms with Gasteiger partial charge in [0.15, 0.2) is 0 Å². The van der Waals surface area contributed by atoms with E-state index in [4.69, 9.17) is 0 Å². The van der Waals surface area contributed by atoms with Gasteiger partial charge in [0.25, 0.3) is 11.5 Å². The highest BCUT2D eigenvalue weighted by molar-refractivity contribution is 5.97. The van der Waals surface area contributed by atoms with Gasteiger partial charge < -0.3 is 5.11 Å². The minimum absolute atomic E-state index is 0.104. The first kappa shape index (κ1) is 16.3. The average molecular weight is 336 g/mol. The molecule has 0 saturated heterocycles. The molecule has 1 aromatic heterocycles. The Labute approximate surface area is 143 Å². The van der Waals surface area contributed by atoms with Crippen molar-refractivity contribution < 1.29 is 9.90 Å². The van der Waals surface area contributed by atoms with Gasteiger partial charge in [0.1, 0.15) is 5.75 Å². The maximum absolute atomic E-state index is 12.5. The molecule has 0 atom stereocenters. The van der Waals surface area contributed by atoms with Crippen LogP contribution in [0.2, 0.25) is 0 Å². The molecule has 0 aliphatic heterocycles. The Morgan fingerprint density at radius 3 is 2.56 bits per heavy atom. The van der Waals surface area contributed by atoms with Crippen LogP contribution >= 0.6 is 0 Å². The van der Waals surface area contributed by atoms with Crippen molar-refractivity contribution in [3.05, 3.63) is 81.8 Å². The highest BCUT2D eigenvalue weighted by Crippen LogP contribution is 2.14. The monoisotopic (exact) mass is 336 g/mol. The Kier molecular flexibility index (Phi) is 4.47. The van der Waals surface area contributed by atoms with Gasteiger partial charge in [-0.2, -0.15) is 5.10 Å². The fourth-order valence-electron chi connectivity index (χ4n) is 2.35. The number of aryl methyl sites for hydroxylation is 1. The van der Waals surface area contributed by atoms with E-state index in [-0.39, 0.29) is 16.9 Å². The van der Waals surface area contributed by atoms with Crippen molar-refractivity contribution in [2.24, 2.45) is 5.10 Å². The van der Waals surface area contributed by atoms with E-state index in [0.29, 0.717) is 16.9 Å². The lowest BCUT2D eigenvalue weighted by molar-refractivity contribution is 0.0952. The maximum atomic E-state index is 12.5. The van der Waals surface area contributed by atoms with Gasteiger partial charge in [0.05, 0.1) is 23.0 Å². The number of hydrogen-bond acceptors (Lipinski definition) is 4. The van der Waals surface area contributed by atoms with E-state index in [2.05, 4.69) is 15.6 Å². The van der Waals surface area contributed by atoms with E-state index in [1.165, 1.54) is 23.0 Å². The zero-order valence-corrected chi connectivity index (χ0v) is 13.4. The molecule has 3 N–H and O–H groups in total. The fourth-order valence-corrected chi connectivity index (χ4v) is 2.35. The largest absolute Gasteiger partial charge is 0.507 e. The van der Waals surface area contributed by atoms with Gasteiger partial charge in [-0.25, -0.2) is 10.1 Å². The number of rotatable bonds is 4. The summed E-state index contributed by atoms with van der Waals surface area (Å²) in [6, 6.07) is 15.3. The van der Waals surface area contributed by atoms with Crippen LogP contribution in [0.15, 0.2) is 64.5 Å². The third-order valence-electron chi connectivity index (χ3n) is 3.64. The number of nitrogens with one attached hydrogen (secondary N) is 2. The molecule has 0 aliphatic rings. The summed E-state index contributed by atoms with van der Waals surface area (Å²) < 4.78 is 1.40. The smallest absolute Gasteiger partial charge is 0.280 e. The van der Waals surface area contributed by atoms with E-state index in [1.54, 1.807) is 31.2 Å². The van der Waals surface area contributed by atoms with Crippen molar-refractivity contribution in [1.29, 1.82) is 0 Å². The molecule has 3 rings (SSSR count). The molecule has 25 heavy (non-hydrogen) atoms. The number of aromatic nitrogens is 2. The van der Waals surface area contributed by atoms with Crippen LogP contribution in [0, 0.1) is 6.92 Å². The molecule has 0 aliphatic carbocycles. The van der Waals surface area contributed by atoms with Crippen molar-refractivity contribution in [3.8, 4) is 11.4 Å². The van der Waals surface area contributed by atoms with Gasteiger partial charge in [-0.3, -0.25) is 14.7 Å². The maximum Gasteiger partial charge on any atom is 0.280 e. The van der Waals surface area contributed by atoms with Crippen molar-refractivity contribution in [3.63, 3.8) is 0 Å². The van der Waals surface area contributed by atoms with Crippen LogP contribution in [0.4, 0.5) is 0 Å². The predicted octanol–water partition coefficient (Wildman–Crippen LogP) is 1.94. The molecule has 7 heteroatoms. The molecule has 126 valence electrons. The first-order valence-corrected chi connectivity index (χ1v) is 7.56. The van der Waals surface area contributed by atoms with Crippen LogP contribution in [0.5, 0.6) is 5.75 Å². The summed E-state index contributed by atoms with van der Waals surface area (Å²) in [5.41, 5.74) is 3.79. The number of aromatic amines is 1. The second-order valence-corrected chi connectivity index (χ2v) is 5.34. The Morgan fingerprint density at radius 2 is 1.84 bits per heavy atom. The molecule has 0 bridgehead atoms. The highest BCUT2D eigenvalue weighted by Gasteiger charge is 2.11. The second-order valence-electron chi connectivity index (χ2n) is 5.34. The summed E-state index contributed by atoms with van der Waals surface area (Å²) >= 11 is 0. The Bertz CT molecular complexity index is 987. The van der Waals surface area contributed by atoms with Crippen molar-refractivity contribution in [2.45, 2.75) is 6.92 Å². The molecule has 1 amide bonds. The molecule has 3 aromatic rings. The lowest BCUT2D eigenvalue weighted by atomic mass is 10.2. The standard InChI is InChI=1S/C18H16N4O3/c1-12-15(18(25)22(21-12)13-7-3-2-4-8-13)11-19-20-17(24)14-9-5-6-10-16(14)23/h2-11,21,23H,1H3,(H,20,24)/b19-11-. The number of para-hydroxylation sites is 2. The molecule has 0 unspecified atom stereocenters. The summed E-state index contributed by atoms with van der Waals surface area (Å²) in [6.07, 6.45) is 1.28. The zero-order valence-electron chi connectivity index (χ0n) is 13.4. The van der Waals surface area contributed by atoms with Gasteiger partial charge >= 0.3 is 0 Å². The first-order valence-electron chi connectivity index (χ1n) is 7.56.